The van der Waals surface area contributed by atoms with Crippen LogP contribution in [0.25, 0.3) is 32.3 Å². The standard InChI is InChI=1S/C116H229N11O6S3Si13/c1-125(2)111-59-27-56-108-105(111)53-30-62-114(108)134(128,129)122-70-38-78-142(17,18)86-46-94-146(24,91-43-83-139(11,12)75-35-67-119)98-50-102-149(101-49-97-145(23,89-41-81-137(7,8)73-33-65-117)90-42-82-138(9,10)74-34-66-118,103-51-99-147(25,92-44-84-140(13,14)76-36-68-120)95-47-87-143(19,20)79-39-71-123-135(130,131)115-63-31-54-106-109(115)57-28-60-112(106)126(3)4)104-52-100-148(26,93-45-85-141(15,16)77-37-69-121)96-48-88-144(21,22)80-40-72-124-136(132,133)116-64-32-55-107-110(116)58-29-61-113(107)127(5)6/h27-32,53-64,122-124H,33-52,65-104,117-121H2,1-26H3. The van der Waals surface area contributed by atoms with E-state index in [1.54, 1.807) is 18.2 Å². The molecule has 13 N–H and O–H groups in total. The number of anilines is 3. The van der Waals surface area contributed by atoms with E-state index in [9.17, 15) is 25.3 Å². The second kappa shape index (κ2) is 63.3. The SMILES string of the molecule is CN(C)c1cccc2c(S(=O)(=O)NCCC[Si](C)(C)CCC[Si](C)(CCC[Si](C)(C)CCCN)CCC[Si](CCC[Si](C)(CCC[Si](C)(C)CCCN)CCC[Si](C)(C)CCCN)(CCC[Si](C)(CCC[Si](C)(C)CCCN)CCC[Si](C)(C)CCCNS(=O)(=O)c3cccc4c(N(C)C)cccc34)CCC[Si](C)(CCC[Si](C)(C)CCCN)CCC[Si](C)(C)CCCNS(=O)(=O)c3cccc4c(N(C)C)cccc34)cccc12. The molecule has 0 saturated heterocycles. The van der Waals surface area contributed by atoms with Gasteiger partial charge in [-0.3, -0.25) is 0 Å². The van der Waals surface area contributed by atoms with Gasteiger partial charge >= 0.3 is 0 Å². The minimum absolute atomic E-state index is 0.365. The number of fused-ring (bicyclic) bond motifs is 3. The first-order chi connectivity index (χ1) is 69.6. The molecule has 0 heterocycles. The Morgan fingerprint density at radius 1 is 0.195 bits per heavy atom. The molecular weight excluding hydrogens is 2100 g/mol. The lowest BCUT2D eigenvalue weighted by molar-refractivity contribution is 0.579. The van der Waals surface area contributed by atoms with Crippen LogP contribution in [0.4, 0.5) is 17.1 Å². The van der Waals surface area contributed by atoms with Crippen molar-refractivity contribution in [2.24, 2.45) is 28.7 Å². The van der Waals surface area contributed by atoms with Crippen molar-refractivity contribution < 1.29 is 25.3 Å². The fourth-order valence-electron chi connectivity index (χ4n) is 25.9. The Balaban J connectivity index is 1.43. The Morgan fingerprint density at radius 3 is 0.510 bits per heavy atom. The molecule has 0 saturated carbocycles. The zero-order chi connectivity index (χ0) is 111. The highest BCUT2D eigenvalue weighted by atomic mass is 32.2. The molecule has 0 radical (unpaired) electrons. The Morgan fingerprint density at radius 2 is 0.342 bits per heavy atom. The molecule has 17 nitrogen and oxygen atoms in total. The molecule has 0 amide bonds. The van der Waals surface area contributed by atoms with Crippen molar-refractivity contribution in [3.8, 4) is 0 Å². The summed E-state index contributed by atoms with van der Waals surface area (Å²) < 4.78 is 95.2. The normalized spacial score (nSPS) is 15.0. The maximum atomic E-state index is 14.3. The highest BCUT2D eigenvalue weighted by Crippen LogP contribution is 2.46. The molecule has 33 heteroatoms. The summed E-state index contributed by atoms with van der Waals surface area (Å²) in [5, 5.41) is 5.16. The average Bonchev–Trinajstić information content (AvgIpc) is 0.780. The number of nitrogens with one attached hydrogen (secondary N) is 3. The Hall–Kier alpha value is -2.15. The number of nitrogens with two attached hydrogens (primary N) is 5. The van der Waals surface area contributed by atoms with E-state index in [4.69, 9.17) is 28.7 Å². The zero-order valence-corrected chi connectivity index (χ0v) is 116. The molecule has 3 atom stereocenters. The van der Waals surface area contributed by atoms with E-state index >= 15 is 0 Å². The monoisotopic (exact) mass is 2330 g/mol. The third-order valence-corrected chi connectivity index (χ3v) is 92.4. The summed E-state index contributed by atoms with van der Waals surface area (Å²) in [6.07, 6.45) is 24.9. The molecule has 0 bridgehead atoms. The lowest BCUT2D eigenvalue weighted by Crippen LogP contribution is -2.39. The van der Waals surface area contributed by atoms with Gasteiger partial charge in [-0.15, -0.1) is 0 Å². The first kappa shape index (κ1) is 135. The molecule has 6 rings (SSSR count). The molecule has 0 fully saturated rings. The summed E-state index contributed by atoms with van der Waals surface area (Å²) in [6.45, 7) is 59.3. The maximum Gasteiger partial charge on any atom is 0.241 e. The summed E-state index contributed by atoms with van der Waals surface area (Å²) in [5.41, 5.74) is 34.6. The lowest BCUT2D eigenvalue weighted by Gasteiger charge is -2.39. The predicted molar refractivity (Wildman–Crippen MR) is 704 cm³/mol. The molecule has 0 aromatic heterocycles. The van der Waals surface area contributed by atoms with E-state index < -0.39 is 135 Å². The summed E-state index contributed by atoms with van der Waals surface area (Å²) in [4.78, 5) is 7.28. The van der Waals surface area contributed by atoms with Crippen LogP contribution in [0.3, 0.4) is 0 Å². The van der Waals surface area contributed by atoms with Crippen LogP contribution in [0.5, 0.6) is 0 Å². The molecule has 149 heavy (non-hydrogen) atoms. The highest BCUT2D eigenvalue weighted by Gasteiger charge is 2.42. The van der Waals surface area contributed by atoms with Gasteiger partial charge in [-0.05, 0) is 120 Å². The largest absolute Gasteiger partial charge is 0.377 e. The van der Waals surface area contributed by atoms with Crippen LogP contribution in [0, 0.1) is 0 Å². The maximum absolute atomic E-state index is 14.3. The van der Waals surface area contributed by atoms with Crippen molar-refractivity contribution in [1.82, 2.24) is 14.2 Å². The average molecular weight is 2340 g/mol. The van der Waals surface area contributed by atoms with Gasteiger partial charge in [-0.25, -0.2) is 39.4 Å². The fourth-order valence-corrected chi connectivity index (χ4v) is 74.9. The van der Waals surface area contributed by atoms with Gasteiger partial charge in [0.15, 0.2) is 0 Å². The van der Waals surface area contributed by atoms with Gasteiger partial charge in [-0.1, -0.05) is 474 Å². The van der Waals surface area contributed by atoms with Crippen molar-refractivity contribution in [2.75, 3.05) is 109 Å². The van der Waals surface area contributed by atoms with Crippen molar-refractivity contribution in [3.05, 3.63) is 109 Å². The number of benzene rings is 6. The van der Waals surface area contributed by atoms with Gasteiger partial charge in [-0.2, -0.15) is 0 Å². The minimum Gasteiger partial charge on any atom is -0.377 e. The van der Waals surface area contributed by atoms with Crippen LogP contribution in [-0.2, 0) is 30.1 Å². The van der Waals surface area contributed by atoms with Crippen molar-refractivity contribution in [1.29, 1.82) is 0 Å². The van der Waals surface area contributed by atoms with Crippen LogP contribution in [0.1, 0.15) is 128 Å². The van der Waals surface area contributed by atoms with Crippen LogP contribution in [-0.4, -0.2) is 225 Å². The van der Waals surface area contributed by atoms with Gasteiger partial charge < -0.3 is 43.4 Å². The molecular formula is C116H229N11O6S3Si13. The smallest absolute Gasteiger partial charge is 0.241 e. The zero-order valence-electron chi connectivity index (χ0n) is 101. The minimum atomic E-state index is -3.74. The highest BCUT2D eigenvalue weighted by molar-refractivity contribution is 7.90. The molecule has 6 aromatic rings. The van der Waals surface area contributed by atoms with Gasteiger partial charge in [0, 0.05) is 176 Å². The third kappa shape index (κ3) is 49.1. The molecule has 0 aliphatic heterocycles. The summed E-state index contributed by atoms with van der Waals surface area (Å²) in [7, 11) is -20.6. The number of rotatable bonds is 84. The van der Waals surface area contributed by atoms with Gasteiger partial charge in [0.25, 0.3) is 0 Å². The molecule has 854 valence electrons. The molecule has 0 aliphatic carbocycles. The van der Waals surface area contributed by atoms with Crippen molar-refractivity contribution >= 4 is 184 Å². The number of sulfonamides is 3. The Bertz CT molecular complexity index is 4800. The summed E-state index contributed by atoms with van der Waals surface area (Å²) in [5.74, 6) is 0. The predicted octanol–water partition coefficient (Wildman–Crippen LogP) is 31.6. The Kier molecular flexibility index (Phi) is 57.6. The van der Waals surface area contributed by atoms with Crippen LogP contribution >= 0.6 is 0 Å². The molecule has 0 aliphatic rings. The first-order valence-corrected chi connectivity index (χ1v) is 107. The molecule has 3 unspecified atom stereocenters. The van der Waals surface area contributed by atoms with E-state index in [0.29, 0.717) is 34.3 Å². The molecule has 6 aromatic carbocycles. The summed E-state index contributed by atoms with van der Waals surface area (Å²) in [6, 6.07) is 79.4. The van der Waals surface area contributed by atoms with Crippen molar-refractivity contribution in [2.45, 2.75) is 467 Å². The van der Waals surface area contributed by atoms with E-state index in [0.717, 1.165) is 139 Å². The fraction of sp³-hybridized carbons (Fsp3) is 0.741. The Labute approximate surface area is 930 Å². The second-order valence-corrected chi connectivity index (χ2v) is 129. The van der Waals surface area contributed by atoms with E-state index in [1.807, 2.05) is 115 Å². The van der Waals surface area contributed by atoms with Gasteiger partial charge in [0.05, 0.1) is 55.1 Å². The van der Waals surface area contributed by atoms with E-state index in [1.165, 1.54) is 265 Å². The summed E-state index contributed by atoms with van der Waals surface area (Å²) >= 11 is 0. The second-order valence-electron chi connectivity index (χ2n) is 55.8. The quantitative estimate of drug-likeness (QED) is 0.0130. The van der Waals surface area contributed by atoms with Crippen LogP contribution in [0.2, 0.25) is 324 Å². The number of hydrogen-bond donors (Lipinski definition) is 8. The topological polar surface area (TPSA) is 278 Å². The van der Waals surface area contributed by atoms with E-state index in [-0.39, 0.29) is 0 Å². The van der Waals surface area contributed by atoms with Crippen LogP contribution in [0.15, 0.2) is 124 Å². The van der Waals surface area contributed by atoms with Crippen LogP contribution < -0.4 is 57.5 Å². The van der Waals surface area contributed by atoms with Crippen molar-refractivity contribution in [3.63, 3.8) is 0 Å². The lowest BCUT2D eigenvalue weighted by atomic mass is 10.1. The van der Waals surface area contributed by atoms with E-state index in [2.05, 4.69) is 178 Å². The van der Waals surface area contributed by atoms with Gasteiger partial charge in [0.1, 0.15) is 0 Å². The third-order valence-electron chi connectivity index (χ3n) is 36.2. The first-order valence-electron chi connectivity index (χ1n) is 59.7. The number of nitrogens with zero attached hydrogens (tertiary/aromatic N) is 3. The number of hydrogen-bond acceptors (Lipinski definition) is 14. The van der Waals surface area contributed by atoms with Gasteiger partial charge in [0.2, 0.25) is 30.1 Å². The molecule has 0 spiro atoms.